The Bertz CT molecular complexity index is 1320. The molecule has 4 rings (SSSR count). The monoisotopic (exact) mass is 441 g/mol. The average molecular weight is 442 g/mol. The molecule has 0 unspecified atom stereocenters. The lowest BCUT2D eigenvalue weighted by Crippen LogP contribution is -2.26. The summed E-state index contributed by atoms with van der Waals surface area (Å²) in [5, 5.41) is 18.9. The van der Waals surface area contributed by atoms with E-state index in [1.807, 2.05) is 55.5 Å². The number of tetrazole rings is 1. The molecule has 0 aliphatic rings. The molecule has 0 spiro atoms. The second-order valence-electron chi connectivity index (χ2n) is 8.23. The van der Waals surface area contributed by atoms with E-state index in [1.165, 1.54) is 4.68 Å². The fraction of sp³-hybridized carbons (Fsp3) is 0.320. The molecule has 0 fully saturated rings. The first-order chi connectivity index (χ1) is 16.1. The largest absolute Gasteiger partial charge is 0.347 e. The number of rotatable bonds is 7. The topological polar surface area (TPSA) is 94.3 Å². The van der Waals surface area contributed by atoms with Crippen molar-refractivity contribution in [3.05, 3.63) is 70.4 Å². The summed E-state index contributed by atoms with van der Waals surface area (Å²) < 4.78 is 3.19. The van der Waals surface area contributed by atoms with Crippen LogP contribution in [0.25, 0.3) is 22.5 Å². The number of aromatic amines is 1. The van der Waals surface area contributed by atoms with Crippen molar-refractivity contribution >= 4 is 0 Å². The lowest BCUT2D eigenvalue weighted by Gasteiger charge is -2.08. The van der Waals surface area contributed by atoms with Crippen LogP contribution in [0.5, 0.6) is 0 Å². The predicted octanol–water partition coefficient (Wildman–Crippen LogP) is 3.75. The summed E-state index contributed by atoms with van der Waals surface area (Å²) in [6.07, 6.45) is 1.60. The third-order valence-corrected chi connectivity index (χ3v) is 5.34. The van der Waals surface area contributed by atoms with Gasteiger partial charge in [-0.25, -0.2) is 9.48 Å². The van der Waals surface area contributed by atoms with Gasteiger partial charge in [-0.2, -0.15) is 5.21 Å². The third-order valence-electron chi connectivity index (χ3n) is 5.34. The number of nitrogens with one attached hydrogen (secondary N) is 1. The highest BCUT2D eigenvalue weighted by Gasteiger charge is 2.14. The zero-order valence-corrected chi connectivity index (χ0v) is 19.1. The lowest BCUT2D eigenvalue weighted by molar-refractivity contribution is 0.473. The molecule has 0 aliphatic heterocycles. The summed E-state index contributed by atoms with van der Waals surface area (Å²) in [6, 6.07) is 16.1. The van der Waals surface area contributed by atoms with Crippen LogP contribution in [0.1, 0.15) is 45.0 Å². The molecule has 33 heavy (non-hydrogen) atoms. The van der Waals surface area contributed by atoms with E-state index >= 15 is 0 Å². The minimum Gasteiger partial charge on any atom is -0.264 e. The number of aromatic nitrogens is 7. The molecule has 0 amide bonds. The van der Waals surface area contributed by atoms with Crippen LogP contribution < -0.4 is 5.69 Å². The number of H-pyrrole nitrogens is 1. The van der Waals surface area contributed by atoms with Gasteiger partial charge in [-0.1, -0.05) is 75.2 Å². The van der Waals surface area contributed by atoms with Crippen LogP contribution >= 0.6 is 0 Å². The SMILES string of the molecule is CCC#Cc1nn(CCC(C)C)c(=O)n1Cc1ccc(-c2ccccc2-c2nn[nH]n2)cc1. The standard InChI is InChI=1S/C25H27N7O/c1-4-5-10-23-28-32(16-15-18(2)3)25(33)31(23)17-19-11-13-20(14-12-19)21-8-6-7-9-22(21)24-26-29-30-27-24/h6-9,11-14,18H,4,15-17H2,1-3H3,(H,26,27,29,30). The van der Waals surface area contributed by atoms with E-state index in [2.05, 4.69) is 51.4 Å². The molecule has 8 nitrogen and oxygen atoms in total. The Morgan fingerprint density at radius 3 is 2.48 bits per heavy atom. The average Bonchev–Trinajstić information content (AvgIpc) is 3.46. The summed E-state index contributed by atoms with van der Waals surface area (Å²) in [4.78, 5) is 13.0. The molecule has 2 aromatic carbocycles. The molecular formula is C25H27N7O. The van der Waals surface area contributed by atoms with E-state index < -0.39 is 0 Å². The molecule has 0 bridgehead atoms. The van der Waals surface area contributed by atoms with Crippen molar-refractivity contribution in [1.82, 2.24) is 35.0 Å². The molecule has 0 radical (unpaired) electrons. The van der Waals surface area contributed by atoms with E-state index in [1.54, 1.807) is 4.57 Å². The Kier molecular flexibility index (Phi) is 6.79. The van der Waals surface area contributed by atoms with Crippen molar-refractivity contribution < 1.29 is 0 Å². The molecule has 1 N–H and O–H groups in total. The molecular weight excluding hydrogens is 414 g/mol. The normalized spacial score (nSPS) is 10.9. The van der Waals surface area contributed by atoms with Gasteiger partial charge in [0.1, 0.15) is 0 Å². The van der Waals surface area contributed by atoms with Crippen LogP contribution in [0.15, 0.2) is 53.3 Å². The van der Waals surface area contributed by atoms with Gasteiger partial charge in [-0.05, 0) is 40.2 Å². The van der Waals surface area contributed by atoms with Crippen LogP contribution in [-0.2, 0) is 13.1 Å². The van der Waals surface area contributed by atoms with Crippen LogP contribution in [0.2, 0.25) is 0 Å². The van der Waals surface area contributed by atoms with Gasteiger partial charge in [0.15, 0.2) is 0 Å². The maximum Gasteiger partial charge on any atom is 0.347 e. The summed E-state index contributed by atoms with van der Waals surface area (Å²) in [5.74, 6) is 7.65. The quantitative estimate of drug-likeness (QED) is 0.441. The van der Waals surface area contributed by atoms with Crippen LogP contribution in [-0.4, -0.2) is 35.0 Å². The van der Waals surface area contributed by atoms with Crippen molar-refractivity contribution in [2.45, 2.75) is 46.7 Å². The molecule has 168 valence electrons. The highest BCUT2D eigenvalue weighted by molar-refractivity contribution is 5.80. The van der Waals surface area contributed by atoms with Gasteiger partial charge in [-0.3, -0.25) is 4.57 Å². The van der Waals surface area contributed by atoms with Crippen molar-refractivity contribution in [2.24, 2.45) is 5.92 Å². The smallest absolute Gasteiger partial charge is 0.264 e. The Morgan fingerprint density at radius 1 is 1.06 bits per heavy atom. The molecule has 2 heterocycles. The van der Waals surface area contributed by atoms with Crippen LogP contribution in [0.3, 0.4) is 0 Å². The maximum atomic E-state index is 13.0. The minimum absolute atomic E-state index is 0.123. The molecule has 4 aromatic rings. The van der Waals surface area contributed by atoms with E-state index in [0.717, 1.165) is 28.7 Å². The Hall–Kier alpha value is -3.99. The van der Waals surface area contributed by atoms with Crippen molar-refractivity contribution in [3.8, 4) is 34.4 Å². The third kappa shape index (κ3) is 5.09. The first-order valence-corrected chi connectivity index (χ1v) is 11.2. The molecule has 2 aromatic heterocycles. The fourth-order valence-electron chi connectivity index (χ4n) is 3.55. The van der Waals surface area contributed by atoms with Crippen LogP contribution in [0, 0.1) is 17.8 Å². The van der Waals surface area contributed by atoms with E-state index in [9.17, 15) is 4.79 Å². The Morgan fingerprint density at radius 2 is 1.82 bits per heavy atom. The van der Waals surface area contributed by atoms with Crippen molar-refractivity contribution in [3.63, 3.8) is 0 Å². The first-order valence-electron chi connectivity index (χ1n) is 11.2. The van der Waals surface area contributed by atoms with Gasteiger partial charge in [0.2, 0.25) is 11.6 Å². The number of benzene rings is 2. The number of hydrogen-bond donors (Lipinski definition) is 1. The molecule has 8 heteroatoms. The van der Waals surface area contributed by atoms with Gasteiger partial charge >= 0.3 is 5.69 Å². The van der Waals surface area contributed by atoms with Gasteiger partial charge < -0.3 is 0 Å². The zero-order chi connectivity index (χ0) is 23.2. The Balaban J connectivity index is 1.62. The fourth-order valence-corrected chi connectivity index (χ4v) is 3.55. The maximum absolute atomic E-state index is 13.0. The zero-order valence-electron chi connectivity index (χ0n) is 19.1. The first kappa shape index (κ1) is 22.2. The van der Waals surface area contributed by atoms with Crippen molar-refractivity contribution in [1.29, 1.82) is 0 Å². The number of aryl methyl sites for hydroxylation is 1. The van der Waals surface area contributed by atoms with Gasteiger partial charge in [0, 0.05) is 18.5 Å². The predicted molar refractivity (Wildman–Crippen MR) is 127 cm³/mol. The Labute approximate surface area is 192 Å². The summed E-state index contributed by atoms with van der Waals surface area (Å²) in [6.45, 7) is 7.27. The molecule has 0 aliphatic carbocycles. The minimum atomic E-state index is -0.123. The van der Waals surface area contributed by atoms with Gasteiger partial charge in [0.25, 0.3) is 0 Å². The summed E-state index contributed by atoms with van der Waals surface area (Å²) in [5.41, 5.74) is 3.82. The highest BCUT2D eigenvalue weighted by atomic mass is 16.2. The van der Waals surface area contributed by atoms with Crippen molar-refractivity contribution in [2.75, 3.05) is 0 Å². The van der Waals surface area contributed by atoms with Crippen LogP contribution in [0.4, 0.5) is 0 Å². The van der Waals surface area contributed by atoms with E-state index in [0.29, 0.717) is 37.1 Å². The second-order valence-corrected chi connectivity index (χ2v) is 8.23. The summed E-state index contributed by atoms with van der Waals surface area (Å²) in [7, 11) is 0. The van der Waals surface area contributed by atoms with Gasteiger partial charge in [0.05, 0.1) is 6.54 Å². The van der Waals surface area contributed by atoms with E-state index in [-0.39, 0.29) is 5.69 Å². The molecule has 0 atom stereocenters. The van der Waals surface area contributed by atoms with Gasteiger partial charge in [-0.15, -0.1) is 15.3 Å². The molecule has 0 saturated heterocycles. The molecule has 0 saturated carbocycles. The van der Waals surface area contributed by atoms with E-state index in [4.69, 9.17) is 0 Å². The number of hydrogen-bond acceptors (Lipinski definition) is 5. The highest BCUT2D eigenvalue weighted by Crippen LogP contribution is 2.29. The second kappa shape index (κ2) is 10.1. The lowest BCUT2D eigenvalue weighted by atomic mass is 9.98. The number of nitrogens with zero attached hydrogens (tertiary/aromatic N) is 6. The summed E-state index contributed by atoms with van der Waals surface area (Å²) >= 11 is 0.